The van der Waals surface area contributed by atoms with Crippen LogP contribution in [-0.2, 0) is 9.84 Å². The first-order valence-electron chi connectivity index (χ1n) is 6.74. The van der Waals surface area contributed by atoms with Gasteiger partial charge in [-0.1, -0.05) is 0 Å². The molecule has 112 valence electrons. The molecule has 0 spiro atoms. The van der Waals surface area contributed by atoms with E-state index in [9.17, 15) is 8.42 Å². The maximum atomic E-state index is 11.5. The number of nitrogens with one attached hydrogen (secondary N) is 2. The summed E-state index contributed by atoms with van der Waals surface area (Å²) in [6.45, 7) is 8.01. The lowest BCUT2D eigenvalue weighted by atomic mass is 10.1. The first-order valence-corrected chi connectivity index (χ1v) is 8.56. The van der Waals surface area contributed by atoms with Crippen molar-refractivity contribution in [2.24, 2.45) is 0 Å². The first-order chi connectivity index (χ1) is 9.13. The second-order valence-corrected chi connectivity index (χ2v) is 8.57. The number of hydrogen-bond donors (Lipinski definition) is 2. The van der Waals surface area contributed by atoms with E-state index in [1.165, 1.54) is 0 Å². The summed E-state index contributed by atoms with van der Waals surface area (Å²) in [6.07, 6.45) is 0.632. The predicted octanol–water partition coefficient (Wildman–Crippen LogP) is 1.59. The van der Waals surface area contributed by atoms with Gasteiger partial charge in [0.2, 0.25) is 5.95 Å². The Bertz CT molecular complexity index is 593. The van der Waals surface area contributed by atoms with E-state index >= 15 is 0 Å². The zero-order valence-corrected chi connectivity index (χ0v) is 13.2. The van der Waals surface area contributed by atoms with Crippen molar-refractivity contribution in [2.45, 2.75) is 45.7 Å². The fraction of sp³-hybridized carbons (Fsp3) is 0.692. The summed E-state index contributed by atoms with van der Waals surface area (Å²) in [4.78, 5) is 8.74. The zero-order valence-electron chi connectivity index (χ0n) is 12.4. The Hall–Kier alpha value is -1.37. The van der Waals surface area contributed by atoms with Crippen molar-refractivity contribution in [2.75, 3.05) is 22.1 Å². The van der Waals surface area contributed by atoms with E-state index < -0.39 is 9.84 Å². The lowest BCUT2D eigenvalue weighted by Gasteiger charge is -2.21. The number of hydrogen-bond acceptors (Lipinski definition) is 6. The van der Waals surface area contributed by atoms with Crippen molar-refractivity contribution in [3.05, 3.63) is 11.8 Å². The van der Waals surface area contributed by atoms with Crippen LogP contribution in [0.3, 0.4) is 0 Å². The highest BCUT2D eigenvalue weighted by Crippen LogP contribution is 2.19. The highest BCUT2D eigenvalue weighted by Gasteiger charge is 2.28. The molecule has 0 aromatic carbocycles. The van der Waals surface area contributed by atoms with Crippen LogP contribution in [0.25, 0.3) is 0 Å². The number of sulfone groups is 1. The molecule has 0 radical (unpaired) electrons. The summed E-state index contributed by atoms with van der Waals surface area (Å²) in [5.74, 6) is 1.66. The van der Waals surface area contributed by atoms with Gasteiger partial charge in [0.1, 0.15) is 5.82 Å². The Kier molecular flexibility index (Phi) is 3.90. The summed E-state index contributed by atoms with van der Waals surface area (Å²) < 4.78 is 22.9. The second-order valence-electron chi connectivity index (χ2n) is 6.34. The first kappa shape index (κ1) is 15.0. The SMILES string of the molecule is Cc1cc(NC2CCS(=O)(=O)C2)nc(NC(C)(C)C)n1. The van der Waals surface area contributed by atoms with Gasteiger partial charge in [-0.05, 0) is 34.1 Å². The van der Waals surface area contributed by atoms with Crippen molar-refractivity contribution < 1.29 is 8.42 Å². The molecule has 1 fully saturated rings. The fourth-order valence-electron chi connectivity index (χ4n) is 2.15. The van der Waals surface area contributed by atoms with Gasteiger partial charge in [-0.15, -0.1) is 0 Å². The van der Waals surface area contributed by atoms with Crippen LogP contribution in [0.2, 0.25) is 0 Å². The third kappa shape index (κ3) is 4.33. The van der Waals surface area contributed by atoms with Crippen molar-refractivity contribution in [3.8, 4) is 0 Å². The van der Waals surface area contributed by atoms with Crippen LogP contribution in [0.5, 0.6) is 0 Å². The van der Waals surface area contributed by atoms with E-state index in [0.29, 0.717) is 18.2 Å². The Morgan fingerprint density at radius 1 is 1.30 bits per heavy atom. The molecule has 1 aliphatic heterocycles. The molecule has 1 aliphatic rings. The summed E-state index contributed by atoms with van der Waals surface area (Å²) >= 11 is 0. The highest BCUT2D eigenvalue weighted by atomic mass is 32.2. The molecule has 6 nitrogen and oxygen atoms in total. The van der Waals surface area contributed by atoms with Gasteiger partial charge in [0, 0.05) is 23.3 Å². The van der Waals surface area contributed by atoms with Crippen LogP contribution in [-0.4, -0.2) is 41.5 Å². The second kappa shape index (κ2) is 5.20. The third-order valence-corrected chi connectivity index (χ3v) is 4.69. The monoisotopic (exact) mass is 298 g/mol. The van der Waals surface area contributed by atoms with Crippen LogP contribution in [0.4, 0.5) is 11.8 Å². The molecular weight excluding hydrogens is 276 g/mol. The van der Waals surface area contributed by atoms with Gasteiger partial charge in [-0.3, -0.25) is 0 Å². The van der Waals surface area contributed by atoms with Crippen molar-refractivity contribution in [1.82, 2.24) is 9.97 Å². The summed E-state index contributed by atoms with van der Waals surface area (Å²) in [7, 11) is -2.89. The minimum atomic E-state index is -2.89. The van der Waals surface area contributed by atoms with Crippen LogP contribution >= 0.6 is 0 Å². The van der Waals surface area contributed by atoms with E-state index in [1.807, 2.05) is 33.8 Å². The molecule has 7 heteroatoms. The Labute approximate surface area is 120 Å². The van der Waals surface area contributed by atoms with Crippen LogP contribution in [0, 0.1) is 6.92 Å². The summed E-state index contributed by atoms with van der Waals surface area (Å²) in [5, 5.41) is 6.42. The van der Waals surface area contributed by atoms with Gasteiger partial charge < -0.3 is 10.6 Å². The maximum Gasteiger partial charge on any atom is 0.225 e. The molecule has 0 saturated carbocycles. The quantitative estimate of drug-likeness (QED) is 0.881. The molecule has 0 amide bonds. The Morgan fingerprint density at radius 3 is 2.55 bits per heavy atom. The highest BCUT2D eigenvalue weighted by molar-refractivity contribution is 7.91. The van der Waals surface area contributed by atoms with Gasteiger partial charge >= 0.3 is 0 Å². The smallest absolute Gasteiger partial charge is 0.225 e. The van der Waals surface area contributed by atoms with E-state index in [4.69, 9.17) is 0 Å². The van der Waals surface area contributed by atoms with Crippen molar-refractivity contribution in [3.63, 3.8) is 0 Å². The van der Waals surface area contributed by atoms with Gasteiger partial charge in [-0.25, -0.2) is 13.4 Å². The number of aryl methyl sites for hydroxylation is 1. The Morgan fingerprint density at radius 2 is 2.00 bits per heavy atom. The molecule has 20 heavy (non-hydrogen) atoms. The summed E-state index contributed by atoms with van der Waals surface area (Å²) in [6, 6.07) is 1.77. The third-order valence-electron chi connectivity index (χ3n) is 2.93. The molecule has 2 rings (SSSR count). The lowest BCUT2D eigenvalue weighted by Crippen LogP contribution is -2.28. The van der Waals surface area contributed by atoms with E-state index in [0.717, 1.165) is 5.69 Å². The number of anilines is 2. The van der Waals surface area contributed by atoms with Gasteiger partial charge in [0.15, 0.2) is 9.84 Å². The molecule has 0 aliphatic carbocycles. The molecule has 2 N–H and O–H groups in total. The molecule has 0 bridgehead atoms. The molecule has 1 saturated heterocycles. The van der Waals surface area contributed by atoms with Crippen LogP contribution in [0.15, 0.2) is 6.07 Å². The normalized spacial score (nSPS) is 21.7. The topological polar surface area (TPSA) is 84.0 Å². The fourth-order valence-corrected chi connectivity index (χ4v) is 3.83. The standard InChI is InChI=1S/C13H22N4O2S/c1-9-7-11(15-10-5-6-20(18,19)8-10)16-12(14-9)17-13(2,3)4/h7,10H,5-6,8H2,1-4H3,(H2,14,15,16,17). The molecular formula is C13H22N4O2S. The van der Waals surface area contributed by atoms with E-state index in [1.54, 1.807) is 0 Å². The summed E-state index contributed by atoms with van der Waals surface area (Å²) in [5.41, 5.74) is 0.719. The predicted molar refractivity (Wildman–Crippen MR) is 80.8 cm³/mol. The average Bonchev–Trinajstić information content (AvgIpc) is 2.54. The largest absolute Gasteiger partial charge is 0.366 e. The van der Waals surface area contributed by atoms with Gasteiger partial charge in [0.05, 0.1) is 11.5 Å². The number of aromatic nitrogens is 2. The molecule has 1 aromatic rings. The molecule has 1 unspecified atom stereocenters. The molecule has 2 heterocycles. The lowest BCUT2D eigenvalue weighted by molar-refractivity contribution is 0.602. The molecule has 1 aromatic heterocycles. The van der Waals surface area contributed by atoms with E-state index in [-0.39, 0.29) is 23.1 Å². The maximum absolute atomic E-state index is 11.5. The van der Waals surface area contributed by atoms with Crippen LogP contribution < -0.4 is 10.6 Å². The molecule has 1 atom stereocenters. The van der Waals surface area contributed by atoms with Crippen molar-refractivity contribution in [1.29, 1.82) is 0 Å². The Balaban J connectivity index is 2.12. The number of rotatable bonds is 3. The van der Waals surface area contributed by atoms with E-state index in [2.05, 4.69) is 20.6 Å². The minimum absolute atomic E-state index is 0.0585. The van der Waals surface area contributed by atoms with Crippen molar-refractivity contribution >= 4 is 21.6 Å². The van der Waals surface area contributed by atoms with Gasteiger partial charge in [-0.2, -0.15) is 4.98 Å². The number of nitrogens with zero attached hydrogens (tertiary/aromatic N) is 2. The van der Waals surface area contributed by atoms with Gasteiger partial charge in [0.25, 0.3) is 0 Å². The van der Waals surface area contributed by atoms with Crippen LogP contribution in [0.1, 0.15) is 32.9 Å². The average molecular weight is 298 g/mol. The zero-order chi connectivity index (χ0) is 15.0. The minimum Gasteiger partial charge on any atom is -0.366 e.